The minimum absolute atomic E-state index is 0.0541. The molecule has 1 saturated heterocycles. The van der Waals surface area contributed by atoms with Crippen molar-refractivity contribution in [1.82, 2.24) is 19.6 Å². The third-order valence-electron chi connectivity index (χ3n) is 8.25. The van der Waals surface area contributed by atoms with Gasteiger partial charge in [0, 0.05) is 11.9 Å². The van der Waals surface area contributed by atoms with E-state index in [-0.39, 0.29) is 22.2 Å². The van der Waals surface area contributed by atoms with E-state index in [0.29, 0.717) is 39.4 Å². The average Bonchev–Trinajstić information content (AvgIpc) is 3.77. The van der Waals surface area contributed by atoms with Crippen LogP contribution in [0.5, 0.6) is 5.75 Å². The number of hydrogen-bond donors (Lipinski definition) is 1. The lowest BCUT2D eigenvalue weighted by Gasteiger charge is -2.22. The first-order valence-corrected chi connectivity index (χ1v) is 17.1. The van der Waals surface area contributed by atoms with Crippen LogP contribution in [-0.2, 0) is 15.3 Å². The summed E-state index contributed by atoms with van der Waals surface area (Å²) in [7, 11) is 0. The molecule has 1 unspecified atom stereocenters. The third-order valence-corrected chi connectivity index (χ3v) is 10.4. The Morgan fingerprint density at radius 3 is 2.55 bits per heavy atom. The van der Waals surface area contributed by atoms with Gasteiger partial charge in [0.05, 0.1) is 23.9 Å². The molecule has 3 aromatic heterocycles. The van der Waals surface area contributed by atoms with E-state index in [2.05, 4.69) is 34.5 Å². The number of imidazole rings is 1. The minimum atomic E-state index is -0.954. The summed E-state index contributed by atoms with van der Waals surface area (Å²) in [5, 5.41) is 23.1. The summed E-state index contributed by atoms with van der Waals surface area (Å²) in [4.78, 5) is 33.6. The van der Waals surface area contributed by atoms with Crippen molar-refractivity contribution in [2.45, 2.75) is 43.3 Å². The number of benzene rings is 3. The monoisotopic (exact) mass is 661 g/mol. The van der Waals surface area contributed by atoms with Crippen molar-refractivity contribution < 1.29 is 19.4 Å². The summed E-state index contributed by atoms with van der Waals surface area (Å²) in [5.74, 6) is -0.612. The number of fused-ring (bicyclic) bond motifs is 2. The van der Waals surface area contributed by atoms with E-state index in [0.717, 1.165) is 22.9 Å². The van der Waals surface area contributed by atoms with Gasteiger partial charge in [-0.15, -0.1) is 10.2 Å². The van der Waals surface area contributed by atoms with E-state index in [1.54, 1.807) is 24.3 Å². The van der Waals surface area contributed by atoms with Crippen LogP contribution in [-0.4, -0.2) is 43.0 Å². The van der Waals surface area contributed by atoms with Gasteiger partial charge in [-0.05, 0) is 65.9 Å². The van der Waals surface area contributed by atoms with Crippen LogP contribution in [0.4, 0.5) is 5.13 Å². The Hall–Kier alpha value is -5.00. The van der Waals surface area contributed by atoms with Crippen LogP contribution in [0.1, 0.15) is 47.5 Å². The smallest absolute Gasteiger partial charge is 0.301 e. The highest BCUT2D eigenvalue weighted by Gasteiger charge is 2.49. The number of anilines is 1. The number of Topliss-reactive ketones (excluding diaryl/α,β-unsaturated/α-hetero) is 1. The van der Waals surface area contributed by atoms with Gasteiger partial charge in [-0.1, -0.05) is 90.7 Å². The maximum atomic E-state index is 13.8. The van der Waals surface area contributed by atoms with Crippen molar-refractivity contribution in [3.05, 3.63) is 119 Å². The molecular weight excluding hydrogens is 631 g/mol. The van der Waals surface area contributed by atoms with Crippen molar-refractivity contribution in [1.29, 1.82) is 0 Å². The first kappa shape index (κ1) is 30.6. The Labute approximate surface area is 279 Å². The predicted octanol–water partition coefficient (Wildman–Crippen LogP) is 7.66. The van der Waals surface area contributed by atoms with Crippen molar-refractivity contribution in [2.75, 3.05) is 11.5 Å². The van der Waals surface area contributed by atoms with Gasteiger partial charge in [-0.25, -0.2) is 4.98 Å². The molecule has 0 aliphatic carbocycles. The lowest BCUT2D eigenvalue weighted by Crippen LogP contribution is -2.29. The number of pyridine rings is 1. The zero-order valence-electron chi connectivity index (χ0n) is 26.0. The zero-order chi connectivity index (χ0) is 32.7. The molecule has 7 rings (SSSR count). The van der Waals surface area contributed by atoms with Crippen molar-refractivity contribution >= 4 is 62.1 Å². The molecule has 3 aromatic carbocycles. The van der Waals surface area contributed by atoms with Crippen LogP contribution in [0.25, 0.3) is 22.2 Å². The molecule has 47 heavy (non-hydrogen) atoms. The molecule has 236 valence electrons. The second kappa shape index (κ2) is 12.7. The Morgan fingerprint density at radius 2 is 1.77 bits per heavy atom. The van der Waals surface area contributed by atoms with Gasteiger partial charge >= 0.3 is 5.91 Å². The van der Waals surface area contributed by atoms with E-state index < -0.39 is 17.7 Å². The maximum absolute atomic E-state index is 13.8. The van der Waals surface area contributed by atoms with Crippen molar-refractivity contribution in [2.24, 2.45) is 0 Å². The number of aromatic nitrogens is 4. The highest BCUT2D eigenvalue weighted by atomic mass is 32.2. The van der Waals surface area contributed by atoms with E-state index >= 15 is 0 Å². The molecule has 4 heterocycles. The highest BCUT2D eigenvalue weighted by Crippen LogP contribution is 2.44. The number of aryl methyl sites for hydroxylation is 2. The van der Waals surface area contributed by atoms with Crippen LogP contribution < -0.4 is 9.64 Å². The molecule has 6 aromatic rings. The Bertz CT molecular complexity index is 2180. The molecular formula is C36H31N5O4S2. The molecule has 0 radical (unpaired) electrons. The van der Waals surface area contributed by atoms with Gasteiger partial charge in [-0.2, -0.15) is 0 Å². The fourth-order valence-electron chi connectivity index (χ4n) is 5.90. The van der Waals surface area contributed by atoms with Gasteiger partial charge in [0.25, 0.3) is 5.78 Å². The number of rotatable bonds is 9. The fourth-order valence-corrected chi connectivity index (χ4v) is 7.77. The quantitative estimate of drug-likeness (QED) is 0.0553. The molecule has 1 aliphatic heterocycles. The number of ketones is 1. The van der Waals surface area contributed by atoms with E-state index in [1.165, 1.54) is 33.4 Å². The molecule has 1 atom stereocenters. The number of aliphatic hydroxyl groups excluding tert-OH is 1. The lowest BCUT2D eigenvalue weighted by atomic mass is 9.96. The number of carbonyl (C=O) groups is 2. The van der Waals surface area contributed by atoms with Gasteiger partial charge in [0.1, 0.15) is 17.1 Å². The Morgan fingerprint density at radius 1 is 0.979 bits per heavy atom. The first-order valence-electron chi connectivity index (χ1n) is 15.3. The molecule has 11 heteroatoms. The summed E-state index contributed by atoms with van der Waals surface area (Å²) in [6, 6.07) is 24.5. The minimum Gasteiger partial charge on any atom is -0.505 e. The van der Waals surface area contributed by atoms with Crippen LogP contribution in [0.2, 0.25) is 0 Å². The molecule has 0 saturated carbocycles. The summed E-state index contributed by atoms with van der Waals surface area (Å²) >= 11 is 2.75. The fraction of sp³-hybridized carbons (Fsp3) is 0.194. The predicted molar refractivity (Wildman–Crippen MR) is 185 cm³/mol. The van der Waals surface area contributed by atoms with Gasteiger partial charge in [0.2, 0.25) is 5.13 Å². The number of amides is 1. The highest BCUT2D eigenvalue weighted by molar-refractivity contribution is 8.00. The molecule has 1 amide bonds. The van der Waals surface area contributed by atoms with E-state index in [4.69, 9.17) is 9.72 Å². The molecule has 9 nitrogen and oxygen atoms in total. The average molecular weight is 662 g/mol. The topological polar surface area (TPSA) is 110 Å². The number of ether oxygens (including phenoxy) is 1. The number of hydrogen-bond acceptors (Lipinski definition) is 9. The van der Waals surface area contributed by atoms with Crippen molar-refractivity contribution in [3.8, 4) is 5.75 Å². The normalized spacial score (nSPS) is 16.1. The second-order valence-corrected chi connectivity index (χ2v) is 13.5. The second-order valence-electron chi connectivity index (χ2n) is 11.3. The van der Waals surface area contributed by atoms with Crippen molar-refractivity contribution in [3.63, 3.8) is 0 Å². The van der Waals surface area contributed by atoms with Gasteiger partial charge < -0.3 is 14.2 Å². The number of nitrogens with zero attached hydrogens (tertiary/aromatic N) is 5. The lowest BCUT2D eigenvalue weighted by molar-refractivity contribution is -0.132. The summed E-state index contributed by atoms with van der Waals surface area (Å²) in [5.41, 5.74) is 4.19. The third kappa shape index (κ3) is 5.55. The van der Waals surface area contributed by atoms with Crippen LogP contribution >= 0.6 is 23.1 Å². The summed E-state index contributed by atoms with van der Waals surface area (Å²) in [6.45, 7) is 6.34. The van der Waals surface area contributed by atoms with Gasteiger partial charge in [0.15, 0.2) is 10.1 Å². The van der Waals surface area contributed by atoms with E-state index in [1.807, 2.05) is 61.7 Å². The first-order chi connectivity index (χ1) is 22.9. The van der Waals surface area contributed by atoms with Crippen LogP contribution in [0.15, 0.2) is 95.0 Å². The molecule has 1 fully saturated rings. The summed E-state index contributed by atoms with van der Waals surface area (Å²) < 4.78 is 8.30. The Balaban J connectivity index is 1.28. The van der Waals surface area contributed by atoms with E-state index in [9.17, 15) is 14.7 Å². The number of carbonyl (C=O) groups excluding carboxylic acids is 2. The molecule has 0 spiro atoms. The largest absolute Gasteiger partial charge is 0.505 e. The molecule has 1 N–H and O–H groups in total. The maximum Gasteiger partial charge on any atom is 0.301 e. The number of thioether (sulfide) groups is 1. The number of aliphatic hydroxyl groups is 1. The molecule has 1 aliphatic rings. The zero-order valence-corrected chi connectivity index (χ0v) is 27.6. The SMILES string of the molecule is CCCOc1ccc(C2/C(=C(\O)c3nc4c(C)cccn4c3C)C(=O)C(=O)N2c2nnc(SCc3cccc4ccccc34)s2)cc1. The van der Waals surface area contributed by atoms with Crippen LogP contribution in [0.3, 0.4) is 0 Å². The summed E-state index contributed by atoms with van der Waals surface area (Å²) in [6.07, 6.45) is 2.71. The molecule has 0 bridgehead atoms. The standard InChI is InChI=1S/C36H31N5O4S2/c1-4-19-45-26-16-14-24(15-17-26)30-28(31(42)29-22(3)40-18-8-9-21(2)33(40)37-29)32(43)34(44)41(30)35-38-39-36(47-35)46-20-25-12-7-11-23-10-5-6-13-27(23)25/h5-18,30,42H,4,19-20H2,1-3H3/b31-28+. The van der Waals surface area contributed by atoms with Gasteiger partial charge in [-0.3, -0.25) is 14.5 Å². The van der Waals surface area contributed by atoms with Crippen LogP contribution in [0, 0.1) is 13.8 Å². The Kier molecular flexibility index (Phi) is 8.25.